The smallest absolute Gasteiger partial charge is 0.260 e. The maximum absolute atomic E-state index is 13.4. The lowest BCUT2D eigenvalue weighted by Crippen LogP contribution is -2.32. The van der Waals surface area contributed by atoms with Gasteiger partial charge in [-0.1, -0.05) is 29.0 Å². The highest BCUT2D eigenvalue weighted by molar-refractivity contribution is 7.90. The number of amides is 1. The van der Waals surface area contributed by atoms with Crippen molar-refractivity contribution >= 4 is 54.0 Å². The van der Waals surface area contributed by atoms with Crippen molar-refractivity contribution in [3.8, 4) is 0 Å². The number of thiazole rings is 1. The fourth-order valence-corrected chi connectivity index (χ4v) is 5.06. The zero-order valence-electron chi connectivity index (χ0n) is 16.6. The second kappa shape index (κ2) is 8.78. The Balaban J connectivity index is 1.67. The number of halogens is 1. The standard InChI is InChI=1S/C21H19ClN4O3S2/c1-31(28,29)17-5-2-4-15(12-17)20(27)26(10-3-9-25-11-8-23-14-25)21-24-18-7-6-16(22)13-19(18)30-21/h2,4-8,11-14H,3,9-10H2,1H3. The maximum atomic E-state index is 13.4. The molecule has 0 saturated carbocycles. The molecule has 31 heavy (non-hydrogen) atoms. The molecule has 10 heteroatoms. The van der Waals surface area contributed by atoms with E-state index >= 15 is 0 Å². The number of hydrogen-bond donors (Lipinski definition) is 0. The van der Waals surface area contributed by atoms with E-state index in [1.165, 1.54) is 23.5 Å². The molecule has 0 aliphatic rings. The second-order valence-corrected chi connectivity index (χ2v) is 10.5. The lowest BCUT2D eigenvalue weighted by atomic mass is 10.2. The highest BCUT2D eigenvalue weighted by Gasteiger charge is 2.22. The van der Waals surface area contributed by atoms with Crippen molar-refractivity contribution in [2.24, 2.45) is 0 Å². The zero-order valence-corrected chi connectivity index (χ0v) is 19.0. The molecule has 0 aliphatic carbocycles. The van der Waals surface area contributed by atoms with Crippen LogP contribution in [0.4, 0.5) is 5.13 Å². The first kappa shape index (κ1) is 21.5. The predicted octanol–water partition coefficient (Wildman–Crippen LogP) is 4.29. The Bertz CT molecular complexity index is 1330. The lowest BCUT2D eigenvalue weighted by molar-refractivity contribution is 0.0986. The third-order valence-corrected chi connectivity index (χ3v) is 7.07. The van der Waals surface area contributed by atoms with Crippen LogP contribution >= 0.6 is 22.9 Å². The minimum atomic E-state index is -3.43. The number of benzene rings is 2. The number of rotatable bonds is 7. The minimum absolute atomic E-state index is 0.104. The van der Waals surface area contributed by atoms with Gasteiger partial charge in [0, 0.05) is 42.3 Å². The van der Waals surface area contributed by atoms with Gasteiger partial charge in [-0.15, -0.1) is 0 Å². The number of carbonyl (C=O) groups is 1. The summed E-state index contributed by atoms with van der Waals surface area (Å²) >= 11 is 7.47. The van der Waals surface area contributed by atoms with Crippen molar-refractivity contribution in [2.75, 3.05) is 17.7 Å². The Kier molecular flexibility index (Phi) is 6.08. The highest BCUT2D eigenvalue weighted by atomic mass is 35.5. The molecular formula is C21H19ClN4O3S2. The second-order valence-electron chi connectivity index (χ2n) is 7.02. The van der Waals surface area contributed by atoms with Gasteiger partial charge in [0.2, 0.25) is 0 Å². The molecule has 0 bridgehead atoms. The number of carbonyl (C=O) groups excluding carboxylic acids is 1. The van der Waals surface area contributed by atoms with Crippen LogP contribution in [0.5, 0.6) is 0 Å². The first-order valence-electron chi connectivity index (χ1n) is 9.45. The molecular weight excluding hydrogens is 456 g/mol. The molecule has 0 atom stereocenters. The van der Waals surface area contributed by atoms with Crippen LogP contribution in [0, 0.1) is 0 Å². The van der Waals surface area contributed by atoms with Crippen molar-refractivity contribution in [3.05, 3.63) is 71.8 Å². The molecule has 2 aromatic heterocycles. The molecule has 0 spiro atoms. The molecule has 0 fully saturated rings. The van der Waals surface area contributed by atoms with Gasteiger partial charge in [-0.2, -0.15) is 0 Å². The van der Waals surface area contributed by atoms with Gasteiger partial charge in [0.05, 0.1) is 21.4 Å². The summed E-state index contributed by atoms with van der Waals surface area (Å²) in [5.74, 6) is -0.304. The molecule has 0 radical (unpaired) electrons. The predicted molar refractivity (Wildman–Crippen MR) is 123 cm³/mol. The quantitative estimate of drug-likeness (QED) is 0.399. The van der Waals surface area contributed by atoms with Crippen molar-refractivity contribution in [3.63, 3.8) is 0 Å². The van der Waals surface area contributed by atoms with Gasteiger partial charge in [-0.05, 0) is 42.8 Å². The maximum Gasteiger partial charge on any atom is 0.260 e. The van der Waals surface area contributed by atoms with E-state index in [0.717, 1.165) is 16.5 Å². The SMILES string of the molecule is CS(=O)(=O)c1cccc(C(=O)N(CCCn2ccnc2)c2nc3ccc(Cl)cc3s2)c1. The first-order chi connectivity index (χ1) is 14.8. The molecule has 0 unspecified atom stereocenters. The van der Waals surface area contributed by atoms with Gasteiger partial charge in [0.15, 0.2) is 15.0 Å². The van der Waals surface area contributed by atoms with E-state index in [4.69, 9.17) is 11.6 Å². The molecule has 4 rings (SSSR count). The van der Waals surface area contributed by atoms with Crippen LogP contribution in [0.3, 0.4) is 0 Å². The molecule has 160 valence electrons. The fourth-order valence-electron chi connectivity index (χ4n) is 3.13. The van der Waals surface area contributed by atoms with Gasteiger partial charge >= 0.3 is 0 Å². The molecule has 2 aromatic carbocycles. The number of aromatic nitrogens is 3. The average Bonchev–Trinajstić information content (AvgIpc) is 3.39. The molecule has 7 nitrogen and oxygen atoms in total. The lowest BCUT2D eigenvalue weighted by Gasteiger charge is -2.20. The number of hydrogen-bond acceptors (Lipinski definition) is 6. The third-order valence-electron chi connectivity index (χ3n) is 4.68. The van der Waals surface area contributed by atoms with Crippen LogP contribution in [0.25, 0.3) is 10.2 Å². The van der Waals surface area contributed by atoms with Crippen LogP contribution < -0.4 is 4.90 Å². The van der Waals surface area contributed by atoms with Crippen molar-refractivity contribution < 1.29 is 13.2 Å². The average molecular weight is 475 g/mol. The summed E-state index contributed by atoms with van der Waals surface area (Å²) in [6.07, 6.45) is 7.08. The van der Waals surface area contributed by atoms with Crippen LogP contribution in [0.15, 0.2) is 66.1 Å². The molecule has 0 N–H and O–H groups in total. The number of imidazole rings is 1. The van der Waals surface area contributed by atoms with Gasteiger partial charge in [0.1, 0.15) is 0 Å². The van der Waals surface area contributed by atoms with Crippen LogP contribution in [-0.2, 0) is 16.4 Å². The monoisotopic (exact) mass is 474 g/mol. The number of aryl methyl sites for hydroxylation is 1. The summed E-state index contributed by atoms with van der Waals surface area (Å²) in [5.41, 5.74) is 1.05. The number of nitrogens with zero attached hydrogens (tertiary/aromatic N) is 4. The van der Waals surface area contributed by atoms with Gasteiger partial charge < -0.3 is 4.57 Å². The summed E-state index contributed by atoms with van der Waals surface area (Å²) < 4.78 is 26.7. The summed E-state index contributed by atoms with van der Waals surface area (Å²) in [5, 5.41) is 1.14. The van der Waals surface area contributed by atoms with Crippen LogP contribution in [-0.4, -0.2) is 41.7 Å². The van der Waals surface area contributed by atoms with E-state index in [0.29, 0.717) is 35.2 Å². The van der Waals surface area contributed by atoms with Crippen molar-refractivity contribution in [1.29, 1.82) is 0 Å². The van der Waals surface area contributed by atoms with E-state index in [9.17, 15) is 13.2 Å². The first-order valence-corrected chi connectivity index (χ1v) is 12.5. The summed E-state index contributed by atoms with van der Waals surface area (Å²) in [4.78, 5) is 23.8. The Labute approximate surface area is 188 Å². The minimum Gasteiger partial charge on any atom is -0.337 e. The van der Waals surface area contributed by atoms with E-state index in [2.05, 4.69) is 9.97 Å². The Morgan fingerprint density at radius 1 is 1.23 bits per heavy atom. The van der Waals surface area contributed by atoms with E-state index in [1.54, 1.807) is 35.6 Å². The largest absolute Gasteiger partial charge is 0.337 e. The summed E-state index contributed by atoms with van der Waals surface area (Å²) in [6.45, 7) is 1.09. The molecule has 0 saturated heterocycles. The zero-order chi connectivity index (χ0) is 22.0. The van der Waals surface area contributed by atoms with Gasteiger partial charge in [-0.25, -0.2) is 18.4 Å². The number of fused-ring (bicyclic) bond motifs is 1. The summed E-state index contributed by atoms with van der Waals surface area (Å²) in [7, 11) is -3.43. The Morgan fingerprint density at radius 3 is 2.81 bits per heavy atom. The van der Waals surface area contributed by atoms with E-state index in [-0.39, 0.29) is 10.8 Å². The number of anilines is 1. The highest BCUT2D eigenvalue weighted by Crippen LogP contribution is 2.32. The molecule has 1 amide bonds. The molecule has 2 heterocycles. The van der Waals surface area contributed by atoms with E-state index < -0.39 is 9.84 Å². The Morgan fingerprint density at radius 2 is 2.06 bits per heavy atom. The number of sulfone groups is 1. The van der Waals surface area contributed by atoms with Crippen LogP contribution in [0.1, 0.15) is 16.8 Å². The van der Waals surface area contributed by atoms with Crippen molar-refractivity contribution in [2.45, 2.75) is 17.9 Å². The van der Waals surface area contributed by atoms with Crippen LogP contribution in [0.2, 0.25) is 5.02 Å². The van der Waals surface area contributed by atoms with E-state index in [1.807, 2.05) is 22.9 Å². The topological polar surface area (TPSA) is 85.2 Å². The van der Waals surface area contributed by atoms with Crippen molar-refractivity contribution in [1.82, 2.24) is 14.5 Å². The normalized spacial score (nSPS) is 11.7. The fraction of sp³-hybridized carbons (Fsp3) is 0.190. The molecule has 4 aromatic rings. The third kappa shape index (κ3) is 4.95. The van der Waals surface area contributed by atoms with Gasteiger partial charge in [-0.3, -0.25) is 9.69 Å². The molecule has 0 aliphatic heterocycles. The summed E-state index contributed by atoms with van der Waals surface area (Å²) in [6, 6.07) is 11.5. The Hall–Kier alpha value is -2.75. The van der Waals surface area contributed by atoms with Gasteiger partial charge in [0.25, 0.3) is 5.91 Å².